The summed E-state index contributed by atoms with van der Waals surface area (Å²) in [6.45, 7) is 0. The van der Waals surface area contributed by atoms with Gasteiger partial charge < -0.3 is 7.43 Å². The monoisotopic (exact) mass is 458 g/mol. The summed E-state index contributed by atoms with van der Waals surface area (Å²) in [7, 11) is 14.8. The van der Waals surface area contributed by atoms with Crippen LogP contribution in [-0.2, 0) is 13.0 Å². The Labute approximate surface area is 152 Å². The molecule has 4 aromatic rings. The summed E-state index contributed by atoms with van der Waals surface area (Å²) in [4.78, 5) is 0. The molecule has 0 aliphatic rings. The van der Waals surface area contributed by atoms with E-state index in [9.17, 15) is 0 Å². The van der Waals surface area contributed by atoms with Crippen LogP contribution in [0, 0.1) is 7.43 Å². The van der Waals surface area contributed by atoms with E-state index in [1.807, 2.05) is 60.9 Å². The van der Waals surface area contributed by atoms with E-state index in [1.54, 1.807) is 0 Å². The molecule has 2 aromatic carbocycles. The smallest absolute Gasteiger partial charge is 0.0650 e. The zero-order valence-corrected chi connectivity index (χ0v) is 16.2. The summed E-state index contributed by atoms with van der Waals surface area (Å²) < 4.78 is 0. The number of hydrogen-bond acceptors (Lipinski definition) is 2. The van der Waals surface area contributed by atoms with Crippen LogP contribution < -0.4 is 0 Å². The summed E-state index contributed by atoms with van der Waals surface area (Å²) in [5.41, 5.74) is 2.19. The maximum atomic E-state index is 4.95. The van der Waals surface area contributed by atoms with Gasteiger partial charge in [0.25, 0.3) is 0 Å². The molecule has 8 heteroatoms. The SMILES string of the molecule is [CH3-].[Cl][Ru]([Cl])[Cl].c1ccc2[nH]ncc2c1.c1ccc2[nH]ncc2c1. The van der Waals surface area contributed by atoms with Gasteiger partial charge in [-0.05, 0) is 12.1 Å². The van der Waals surface area contributed by atoms with Crippen molar-refractivity contribution in [1.29, 1.82) is 0 Å². The fourth-order valence-corrected chi connectivity index (χ4v) is 1.77. The van der Waals surface area contributed by atoms with Crippen LogP contribution in [0.25, 0.3) is 21.8 Å². The number of aromatic nitrogens is 4. The Morgan fingerprint density at radius 2 is 1.04 bits per heavy atom. The standard InChI is InChI=1S/2C7H6N2.CH3.3ClH.Ru/c2*1-2-4-7-6(3-1)5-8-9-7;;;;;/h2*1-5H,(H,8,9);1H3;3*1H;/q;;-1;;;;+3/p-3. The minimum absolute atomic E-state index is 0. The summed E-state index contributed by atoms with van der Waals surface area (Å²) in [6, 6.07) is 16.0. The fourth-order valence-electron chi connectivity index (χ4n) is 1.77. The number of para-hydroxylation sites is 2. The molecule has 0 aliphatic carbocycles. The van der Waals surface area contributed by atoms with Crippen molar-refractivity contribution >= 4 is 50.9 Å². The van der Waals surface area contributed by atoms with Crippen LogP contribution in [0.5, 0.6) is 0 Å². The van der Waals surface area contributed by atoms with Crippen LogP contribution in [0.15, 0.2) is 60.9 Å². The van der Waals surface area contributed by atoms with E-state index in [4.69, 9.17) is 29.1 Å². The van der Waals surface area contributed by atoms with Crippen LogP contribution in [0.2, 0.25) is 0 Å². The number of H-pyrrole nitrogens is 2. The molecule has 2 heterocycles. The summed E-state index contributed by atoms with van der Waals surface area (Å²) >= 11 is -1.75. The second-order valence-electron chi connectivity index (χ2n) is 4.07. The minimum atomic E-state index is -1.75. The molecule has 4 nitrogen and oxygen atoms in total. The maximum absolute atomic E-state index is 4.95. The number of rotatable bonds is 0. The second-order valence-corrected chi connectivity index (χ2v) is 12.0. The maximum Gasteiger partial charge on any atom is 0.0650 e. The molecule has 2 aromatic heterocycles. The molecular formula is C15H15Cl3N4Ru-. The van der Waals surface area contributed by atoms with Crippen LogP contribution in [0.1, 0.15) is 0 Å². The van der Waals surface area contributed by atoms with E-state index in [-0.39, 0.29) is 7.43 Å². The molecule has 0 atom stereocenters. The van der Waals surface area contributed by atoms with Crippen molar-refractivity contribution in [2.75, 3.05) is 0 Å². The van der Waals surface area contributed by atoms with Gasteiger partial charge in [0.05, 0.1) is 23.4 Å². The average Bonchev–Trinajstić information content (AvgIpc) is 3.16. The number of nitrogens with one attached hydrogen (secondary N) is 2. The summed E-state index contributed by atoms with van der Waals surface area (Å²) in [5.74, 6) is 0. The third kappa shape index (κ3) is 6.88. The van der Waals surface area contributed by atoms with Crippen molar-refractivity contribution in [2.24, 2.45) is 0 Å². The van der Waals surface area contributed by atoms with Crippen molar-refractivity contribution < 1.29 is 13.0 Å². The molecule has 125 valence electrons. The van der Waals surface area contributed by atoms with E-state index in [2.05, 4.69) is 20.4 Å². The quantitative estimate of drug-likeness (QED) is 0.264. The second kappa shape index (κ2) is 10.6. The first kappa shape index (κ1) is 19.9. The molecule has 0 aliphatic heterocycles. The number of nitrogens with zero attached hydrogens (tertiary/aromatic N) is 2. The molecule has 0 saturated heterocycles. The summed E-state index contributed by atoms with van der Waals surface area (Å²) in [6.07, 6.45) is 3.63. The van der Waals surface area contributed by atoms with Crippen molar-refractivity contribution in [3.8, 4) is 0 Å². The Morgan fingerprint density at radius 1 is 0.696 bits per heavy atom. The number of aromatic amines is 2. The van der Waals surface area contributed by atoms with E-state index in [0.717, 1.165) is 21.8 Å². The first-order chi connectivity index (χ1) is 10.7. The van der Waals surface area contributed by atoms with Gasteiger partial charge in [-0.2, -0.15) is 10.2 Å². The van der Waals surface area contributed by atoms with Gasteiger partial charge in [0.15, 0.2) is 0 Å². The van der Waals surface area contributed by atoms with Crippen LogP contribution in [0.4, 0.5) is 0 Å². The predicted molar refractivity (Wildman–Crippen MR) is 96.2 cm³/mol. The molecule has 0 fully saturated rings. The number of benzene rings is 2. The van der Waals surface area contributed by atoms with Crippen LogP contribution in [-0.4, -0.2) is 20.4 Å². The van der Waals surface area contributed by atoms with Crippen molar-refractivity contribution in [2.45, 2.75) is 0 Å². The first-order valence-corrected chi connectivity index (χ1v) is 12.8. The first-order valence-electron chi connectivity index (χ1n) is 6.10. The van der Waals surface area contributed by atoms with E-state index in [1.165, 1.54) is 0 Å². The Morgan fingerprint density at radius 3 is 1.39 bits per heavy atom. The Kier molecular flexibility index (Phi) is 9.19. The van der Waals surface area contributed by atoms with Gasteiger partial charge in [0.2, 0.25) is 0 Å². The van der Waals surface area contributed by atoms with Crippen LogP contribution in [0.3, 0.4) is 0 Å². The van der Waals surface area contributed by atoms with Gasteiger partial charge in [-0.1, -0.05) is 36.4 Å². The minimum Gasteiger partial charge on any atom is -0.278 e. The molecule has 0 radical (unpaired) electrons. The van der Waals surface area contributed by atoms with Gasteiger partial charge in [-0.25, -0.2) is 0 Å². The molecule has 0 amide bonds. The number of hydrogen-bond donors (Lipinski definition) is 2. The van der Waals surface area contributed by atoms with Crippen molar-refractivity contribution in [3.05, 3.63) is 68.4 Å². The van der Waals surface area contributed by atoms with Gasteiger partial charge in [0, 0.05) is 10.8 Å². The van der Waals surface area contributed by atoms with E-state index >= 15 is 0 Å². The predicted octanol–water partition coefficient (Wildman–Crippen LogP) is 5.64. The van der Waals surface area contributed by atoms with Gasteiger partial charge in [-0.15, -0.1) is 0 Å². The largest absolute Gasteiger partial charge is 0.278 e. The average molecular weight is 459 g/mol. The third-order valence-corrected chi connectivity index (χ3v) is 2.70. The zero-order chi connectivity index (χ0) is 15.8. The molecule has 0 unspecified atom stereocenters. The Bertz CT molecular complexity index is 687. The Hall–Kier alpha value is -1.13. The third-order valence-electron chi connectivity index (χ3n) is 2.70. The molecule has 0 saturated carbocycles. The number of fused-ring (bicyclic) bond motifs is 2. The van der Waals surface area contributed by atoms with Gasteiger partial charge in [0.1, 0.15) is 0 Å². The van der Waals surface area contributed by atoms with Crippen molar-refractivity contribution in [1.82, 2.24) is 20.4 Å². The normalized spacial score (nSPS) is 9.96. The van der Waals surface area contributed by atoms with Crippen LogP contribution >= 0.6 is 29.1 Å². The van der Waals surface area contributed by atoms with Gasteiger partial charge in [-0.3, -0.25) is 10.2 Å². The Balaban J connectivity index is 0.000000182. The fraction of sp³-hybridized carbons (Fsp3) is 0. The zero-order valence-electron chi connectivity index (χ0n) is 12.2. The number of halogens is 3. The van der Waals surface area contributed by atoms with Gasteiger partial charge >= 0.3 is 42.1 Å². The molecule has 2 N–H and O–H groups in total. The molecule has 0 spiro atoms. The summed E-state index contributed by atoms with van der Waals surface area (Å²) in [5, 5.41) is 15.8. The van der Waals surface area contributed by atoms with E-state index < -0.39 is 13.0 Å². The van der Waals surface area contributed by atoms with Crippen molar-refractivity contribution in [3.63, 3.8) is 0 Å². The topological polar surface area (TPSA) is 57.4 Å². The molecule has 0 bridgehead atoms. The molecular weight excluding hydrogens is 444 g/mol. The van der Waals surface area contributed by atoms with E-state index in [0.29, 0.717) is 0 Å². The molecule has 4 rings (SSSR count). The molecule has 23 heavy (non-hydrogen) atoms.